The number of nitrogens with zero attached hydrogens (tertiary/aromatic N) is 1. The quantitative estimate of drug-likeness (QED) is 0.848. The lowest BCUT2D eigenvalue weighted by atomic mass is 9.98. The van der Waals surface area contributed by atoms with Crippen LogP contribution in [0.4, 0.5) is 5.69 Å². The minimum atomic E-state index is -0.739. The van der Waals surface area contributed by atoms with Crippen molar-refractivity contribution in [1.29, 1.82) is 0 Å². The second kappa shape index (κ2) is 4.33. The summed E-state index contributed by atoms with van der Waals surface area (Å²) >= 11 is 0. The molecule has 3 rings (SSSR count). The number of hydrogen-bond donors (Lipinski definition) is 1. The number of anilines is 1. The van der Waals surface area contributed by atoms with E-state index in [-0.39, 0.29) is 11.8 Å². The molecule has 1 N–H and O–H groups in total. The van der Waals surface area contributed by atoms with Crippen molar-refractivity contribution in [3.05, 3.63) is 28.8 Å². The molecule has 106 valence electrons. The summed E-state index contributed by atoms with van der Waals surface area (Å²) in [7, 11) is 0. The van der Waals surface area contributed by atoms with Crippen LogP contribution in [0.15, 0.2) is 12.1 Å². The van der Waals surface area contributed by atoms with E-state index >= 15 is 0 Å². The molecule has 20 heavy (non-hydrogen) atoms. The zero-order valence-electron chi connectivity index (χ0n) is 12.2. The third-order valence-electron chi connectivity index (χ3n) is 4.58. The lowest BCUT2D eigenvalue weighted by Gasteiger charge is -2.29. The highest BCUT2D eigenvalue weighted by atomic mass is 16.2. The van der Waals surface area contributed by atoms with Gasteiger partial charge in [-0.25, -0.2) is 0 Å². The molecule has 4 heteroatoms. The molecule has 1 saturated heterocycles. The molecule has 4 nitrogen and oxygen atoms in total. The molecule has 1 fully saturated rings. The molecule has 0 aromatic heterocycles. The number of rotatable bonds is 1. The largest absolute Gasteiger partial charge is 0.342 e. The highest BCUT2D eigenvalue weighted by molar-refractivity contribution is 6.05. The minimum absolute atomic E-state index is 0.0188. The number of carbonyl (C=O) groups is 2. The van der Waals surface area contributed by atoms with Gasteiger partial charge in [-0.1, -0.05) is 6.07 Å². The topological polar surface area (TPSA) is 49.4 Å². The number of amides is 2. The second-order valence-corrected chi connectivity index (χ2v) is 6.15. The standard InChI is InChI=1S/C16H20N2O2/c1-10-8-12-5-7-18(13(12)9-11(10)2)15(20)16(3)6-4-14(19)17-16/h8-9H,4-7H2,1-3H3,(H,17,19)/t16-/m0/s1. The molecule has 0 aliphatic carbocycles. The Hall–Kier alpha value is -1.84. The smallest absolute Gasteiger partial charge is 0.252 e. The summed E-state index contributed by atoms with van der Waals surface area (Å²) in [5.74, 6) is -0.00860. The van der Waals surface area contributed by atoms with Crippen molar-refractivity contribution >= 4 is 17.5 Å². The van der Waals surface area contributed by atoms with Gasteiger partial charge < -0.3 is 10.2 Å². The molecule has 0 radical (unpaired) electrons. The van der Waals surface area contributed by atoms with Crippen molar-refractivity contribution in [2.45, 2.75) is 45.6 Å². The maximum Gasteiger partial charge on any atom is 0.252 e. The summed E-state index contributed by atoms with van der Waals surface area (Å²) in [6.07, 6.45) is 1.92. The van der Waals surface area contributed by atoms with E-state index in [0.717, 1.165) is 12.1 Å². The number of aryl methyl sites for hydroxylation is 2. The van der Waals surface area contributed by atoms with E-state index in [0.29, 0.717) is 19.4 Å². The summed E-state index contributed by atoms with van der Waals surface area (Å²) in [4.78, 5) is 26.1. The molecule has 2 amide bonds. The summed E-state index contributed by atoms with van der Waals surface area (Å²) in [5, 5.41) is 2.83. The van der Waals surface area contributed by atoms with E-state index in [2.05, 4.69) is 31.3 Å². The van der Waals surface area contributed by atoms with Gasteiger partial charge in [0.25, 0.3) is 5.91 Å². The van der Waals surface area contributed by atoms with Gasteiger partial charge in [-0.3, -0.25) is 9.59 Å². The van der Waals surface area contributed by atoms with Crippen LogP contribution < -0.4 is 10.2 Å². The fourth-order valence-corrected chi connectivity index (χ4v) is 3.13. The van der Waals surface area contributed by atoms with Crippen molar-refractivity contribution in [1.82, 2.24) is 5.32 Å². The van der Waals surface area contributed by atoms with Gasteiger partial charge in [0, 0.05) is 18.7 Å². The maximum atomic E-state index is 12.8. The molecule has 1 aromatic carbocycles. The Bertz CT molecular complexity index is 609. The Kier molecular flexibility index (Phi) is 2.85. The second-order valence-electron chi connectivity index (χ2n) is 6.15. The Balaban J connectivity index is 1.93. The predicted molar refractivity (Wildman–Crippen MR) is 77.8 cm³/mol. The molecule has 2 aliphatic rings. The minimum Gasteiger partial charge on any atom is -0.342 e. The predicted octanol–water partition coefficient (Wildman–Crippen LogP) is 1.86. The van der Waals surface area contributed by atoms with Crippen molar-refractivity contribution < 1.29 is 9.59 Å². The van der Waals surface area contributed by atoms with E-state index in [1.165, 1.54) is 16.7 Å². The molecule has 0 bridgehead atoms. The zero-order valence-corrected chi connectivity index (χ0v) is 12.2. The van der Waals surface area contributed by atoms with E-state index in [4.69, 9.17) is 0 Å². The van der Waals surface area contributed by atoms with E-state index in [1.54, 1.807) is 0 Å². The first kappa shape index (κ1) is 13.2. The molecule has 0 unspecified atom stereocenters. The van der Waals surface area contributed by atoms with E-state index < -0.39 is 5.54 Å². The van der Waals surface area contributed by atoms with Crippen LogP contribution in [0.2, 0.25) is 0 Å². The van der Waals surface area contributed by atoms with Gasteiger partial charge in [0.1, 0.15) is 5.54 Å². The summed E-state index contributed by atoms with van der Waals surface area (Å²) in [5.41, 5.74) is 3.97. The van der Waals surface area contributed by atoms with Crippen LogP contribution >= 0.6 is 0 Å². The first-order valence-corrected chi connectivity index (χ1v) is 7.14. The molecule has 2 heterocycles. The van der Waals surface area contributed by atoms with E-state index in [1.807, 2.05) is 11.8 Å². The highest BCUT2D eigenvalue weighted by Gasteiger charge is 2.44. The van der Waals surface area contributed by atoms with Crippen molar-refractivity contribution in [3.8, 4) is 0 Å². The van der Waals surface area contributed by atoms with Gasteiger partial charge in [0.2, 0.25) is 5.91 Å². The third-order valence-corrected chi connectivity index (χ3v) is 4.58. The third kappa shape index (κ3) is 1.90. The van der Waals surface area contributed by atoms with Crippen LogP contribution in [-0.4, -0.2) is 23.9 Å². The van der Waals surface area contributed by atoms with Crippen molar-refractivity contribution in [3.63, 3.8) is 0 Å². The molecular formula is C16H20N2O2. The van der Waals surface area contributed by atoms with Crippen LogP contribution in [0.1, 0.15) is 36.5 Å². The molecule has 0 spiro atoms. The van der Waals surface area contributed by atoms with Gasteiger partial charge in [-0.15, -0.1) is 0 Å². The molecule has 1 aromatic rings. The average Bonchev–Trinajstić information content (AvgIpc) is 2.94. The van der Waals surface area contributed by atoms with Gasteiger partial charge in [0.15, 0.2) is 0 Å². The van der Waals surface area contributed by atoms with Gasteiger partial charge in [-0.05, 0) is 56.4 Å². The Labute approximate surface area is 119 Å². The lowest BCUT2D eigenvalue weighted by Crippen LogP contribution is -2.53. The van der Waals surface area contributed by atoms with E-state index in [9.17, 15) is 9.59 Å². The Morgan fingerprint density at radius 3 is 2.60 bits per heavy atom. The fraction of sp³-hybridized carbons (Fsp3) is 0.500. The number of benzene rings is 1. The van der Waals surface area contributed by atoms with Crippen LogP contribution in [0.3, 0.4) is 0 Å². The molecule has 0 saturated carbocycles. The monoisotopic (exact) mass is 272 g/mol. The summed E-state index contributed by atoms with van der Waals surface area (Å²) in [6.45, 7) is 6.70. The molecule has 1 atom stereocenters. The van der Waals surface area contributed by atoms with Gasteiger partial charge >= 0.3 is 0 Å². The maximum absolute atomic E-state index is 12.8. The van der Waals surface area contributed by atoms with Crippen LogP contribution in [0.5, 0.6) is 0 Å². The number of carbonyl (C=O) groups excluding carboxylic acids is 2. The summed E-state index contributed by atoms with van der Waals surface area (Å²) in [6, 6.07) is 4.27. The fourth-order valence-electron chi connectivity index (χ4n) is 3.13. The average molecular weight is 272 g/mol. The van der Waals surface area contributed by atoms with Gasteiger partial charge in [-0.2, -0.15) is 0 Å². The molecular weight excluding hydrogens is 252 g/mol. The number of fused-ring (bicyclic) bond motifs is 1. The Morgan fingerprint density at radius 1 is 1.25 bits per heavy atom. The zero-order chi connectivity index (χ0) is 14.5. The lowest BCUT2D eigenvalue weighted by molar-refractivity contribution is -0.127. The van der Waals surface area contributed by atoms with Gasteiger partial charge in [0.05, 0.1) is 0 Å². The van der Waals surface area contributed by atoms with Crippen LogP contribution in [0, 0.1) is 13.8 Å². The normalized spacial score (nSPS) is 24.8. The van der Waals surface area contributed by atoms with Crippen molar-refractivity contribution in [2.75, 3.05) is 11.4 Å². The van der Waals surface area contributed by atoms with Crippen LogP contribution in [0.25, 0.3) is 0 Å². The number of nitrogens with one attached hydrogen (secondary N) is 1. The summed E-state index contributed by atoms with van der Waals surface area (Å²) < 4.78 is 0. The molecule has 2 aliphatic heterocycles. The SMILES string of the molecule is Cc1cc2c(cc1C)N(C(=O)[C@]1(C)CCC(=O)N1)CC2. The number of hydrogen-bond acceptors (Lipinski definition) is 2. The van der Waals surface area contributed by atoms with Crippen LogP contribution in [-0.2, 0) is 16.0 Å². The Morgan fingerprint density at radius 2 is 1.95 bits per heavy atom. The highest BCUT2D eigenvalue weighted by Crippen LogP contribution is 2.34. The first-order valence-electron chi connectivity index (χ1n) is 7.14. The van der Waals surface area contributed by atoms with Crippen molar-refractivity contribution in [2.24, 2.45) is 0 Å². The first-order chi connectivity index (χ1) is 9.40.